The summed E-state index contributed by atoms with van der Waals surface area (Å²) < 4.78 is 5.95. The summed E-state index contributed by atoms with van der Waals surface area (Å²) in [6.07, 6.45) is 18.7. The summed E-state index contributed by atoms with van der Waals surface area (Å²) in [7, 11) is 0. The Morgan fingerprint density at radius 1 is 1.17 bits per heavy atom. The fourth-order valence-electron chi connectivity index (χ4n) is 4.37. The van der Waals surface area contributed by atoms with E-state index in [4.69, 9.17) is 4.74 Å². The third kappa shape index (κ3) is 10.7. The van der Waals surface area contributed by atoms with Gasteiger partial charge in [0.15, 0.2) is 5.78 Å². The molecule has 2 unspecified atom stereocenters. The Kier molecular flexibility index (Phi) is 15.5. The highest BCUT2D eigenvalue weighted by Gasteiger charge is 2.22. The minimum absolute atomic E-state index is 0.104. The lowest BCUT2D eigenvalue weighted by atomic mass is 9.81. The molecule has 42 heavy (non-hydrogen) atoms. The van der Waals surface area contributed by atoms with E-state index in [1.165, 1.54) is 69.4 Å². The monoisotopic (exact) mass is 593 g/mol. The number of H-pyrrole nitrogens is 2. The van der Waals surface area contributed by atoms with Gasteiger partial charge in [0.1, 0.15) is 5.01 Å². The summed E-state index contributed by atoms with van der Waals surface area (Å²) in [4.78, 5) is 34.1. The number of carbonyl (C=O) groups excluding carboxylic acids is 1. The van der Waals surface area contributed by atoms with Gasteiger partial charge in [0.2, 0.25) is 0 Å². The number of carbonyl (C=O) groups is 1. The van der Waals surface area contributed by atoms with Gasteiger partial charge in [-0.25, -0.2) is 4.98 Å². The Bertz CT molecular complexity index is 1330. The Labute approximate surface area is 256 Å². The number of pyridine rings is 1. The van der Waals surface area contributed by atoms with Gasteiger partial charge in [-0.2, -0.15) is 0 Å². The lowest BCUT2D eigenvalue weighted by molar-refractivity contribution is 0.00705. The van der Waals surface area contributed by atoms with Crippen molar-refractivity contribution in [2.45, 2.75) is 99.5 Å². The molecule has 0 aromatic carbocycles. The number of aromatic nitrogens is 3. The van der Waals surface area contributed by atoms with E-state index in [1.54, 1.807) is 12.1 Å². The van der Waals surface area contributed by atoms with Gasteiger partial charge in [-0.3, -0.25) is 9.59 Å². The molecule has 0 spiro atoms. The zero-order valence-electron chi connectivity index (χ0n) is 26.7. The van der Waals surface area contributed by atoms with Crippen LogP contribution in [0.15, 0.2) is 47.4 Å². The van der Waals surface area contributed by atoms with Crippen molar-refractivity contribution in [2.75, 3.05) is 6.61 Å². The van der Waals surface area contributed by atoms with E-state index >= 15 is 0 Å². The van der Waals surface area contributed by atoms with Crippen LogP contribution in [0.4, 0.5) is 0 Å². The molecule has 0 saturated heterocycles. The van der Waals surface area contributed by atoms with Gasteiger partial charge in [0.05, 0.1) is 17.4 Å². The van der Waals surface area contributed by atoms with Crippen LogP contribution in [0.5, 0.6) is 0 Å². The van der Waals surface area contributed by atoms with Crippen molar-refractivity contribution >= 4 is 23.2 Å². The van der Waals surface area contributed by atoms with Crippen LogP contribution in [-0.4, -0.2) is 33.4 Å². The lowest BCUT2D eigenvalue weighted by Crippen LogP contribution is -2.23. The first-order valence-electron chi connectivity index (χ1n) is 15.5. The molecule has 3 aromatic heterocycles. The van der Waals surface area contributed by atoms with E-state index in [0.717, 1.165) is 41.0 Å². The van der Waals surface area contributed by atoms with Crippen molar-refractivity contribution in [3.63, 3.8) is 0 Å². The van der Waals surface area contributed by atoms with Gasteiger partial charge < -0.3 is 14.7 Å². The van der Waals surface area contributed by atoms with E-state index < -0.39 is 0 Å². The molecule has 0 aliphatic heterocycles. The average Bonchev–Trinajstić information content (AvgIpc) is 3.58. The van der Waals surface area contributed by atoms with E-state index in [-0.39, 0.29) is 11.3 Å². The van der Waals surface area contributed by atoms with Gasteiger partial charge in [0.25, 0.3) is 5.56 Å². The van der Waals surface area contributed by atoms with Crippen LogP contribution in [0.1, 0.15) is 108 Å². The van der Waals surface area contributed by atoms with Crippen LogP contribution in [-0.2, 0) is 4.74 Å². The second kappa shape index (κ2) is 18.5. The highest BCUT2D eigenvalue weighted by Crippen LogP contribution is 2.33. The number of hydrogen-bond donors (Lipinski definition) is 2. The van der Waals surface area contributed by atoms with Crippen molar-refractivity contribution in [1.82, 2.24) is 15.0 Å². The first-order valence-corrected chi connectivity index (χ1v) is 16.3. The zero-order valence-corrected chi connectivity index (χ0v) is 27.5. The predicted molar refractivity (Wildman–Crippen MR) is 179 cm³/mol. The molecule has 4 rings (SSSR count). The van der Waals surface area contributed by atoms with Crippen molar-refractivity contribution in [3.05, 3.63) is 69.7 Å². The maximum atomic E-state index is 12.1. The highest BCUT2D eigenvalue weighted by molar-refractivity contribution is 7.13. The molecule has 1 aliphatic rings. The molecule has 0 radical (unpaired) electrons. The second-order valence-corrected chi connectivity index (χ2v) is 12.0. The number of rotatable bonds is 12. The summed E-state index contributed by atoms with van der Waals surface area (Å²) in [5, 5.41) is 2.49. The van der Waals surface area contributed by atoms with Crippen LogP contribution in [0, 0.1) is 18.8 Å². The van der Waals surface area contributed by atoms with E-state index in [2.05, 4.69) is 56.1 Å². The van der Waals surface area contributed by atoms with Gasteiger partial charge >= 0.3 is 0 Å². The summed E-state index contributed by atoms with van der Waals surface area (Å²) in [5.41, 5.74) is 4.39. The van der Waals surface area contributed by atoms with Crippen LogP contribution in [0.2, 0.25) is 0 Å². The number of aromatic amines is 2. The molecule has 0 amide bonds. The summed E-state index contributed by atoms with van der Waals surface area (Å²) >= 11 is 1.37. The molecule has 3 aromatic rings. The molecule has 1 fully saturated rings. The molecular formula is C35H51N3O3S. The molecule has 7 heteroatoms. The molecule has 1 saturated carbocycles. The number of allylic oxidation sites excluding steroid dienone is 2. The average molecular weight is 594 g/mol. The first kappa shape index (κ1) is 35.2. The van der Waals surface area contributed by atoms with Gasteiger partial charge in [-0.05, 0) is 44.6 Å². The Morgan fingerprint density at radius 3 is 2.45 bits per heavy atom. The molecule has 2 N–H and O–H groups in total. The molecule has 3 heterocycles. The number of ketones is 1. The third-order valence-corrected chi connectivity index (χ3v) is 8.31. The summed E-state index contributed by atoms with van der Waals surface area (Å²) in [6.45, 7) is 19.1. The predicted octanol–water partition coefficient (Wildman–Crippen LogP) is 9.64. The zero-order chi connectivity index (χ0) is 31.1. The van der Waals surface area contributed by atoms with Crippen LogP contribution < -0.4 is 5.56 Å². The van der Waals surface area contributed by atoms with Gasteiger partial charge in [-0.15, -0.1) is 11.3 Å². The Hall–Kier alpha value is -3.03. The van der Waals surface area contributed by atoms with E-state index in [1.807, 2.05) is 30.7 Å². The third-order valence-electron chi connectivity index (χ3n) is 7.44. The van der Waals surface area contributed by atoms with Crippen molar-refractivity contribution in [2.24, 2.45) is 11.8 Å². The van der Waals surface area contributed by atoms with Gasteiger partial charge in [0, 0.05) is 46.8 Å². The molecule has 1 aliphatic carbocycles. The summed E-state index contributed by atoms with van der Waals surface area (Å²) in [6, 6.07) is 1.59. The lowest BCUT2D eigenvalue weighted by Gasteiger charge is -2.29. The fraction of sp³-hybridized carbons (Fsp3) is 0.514. The minimum atomic E-state index is -0.261. The molecular weight excluding hydrogens is 542 g/mol. The quantitative estimate of drug-likeness (QED) is 0.162. The standard InChI is InChI=1S/C19H17N3O2S.C13H26O.C3H8/c1-4-5-6-14-11(2)20-9-16(14)17-10-25-19(22-17)15-7-13(12(3)23)8-21-18(15)24;1-4-11(3)10-14-13(5-2)9-12-7-6-8-12;1-3-2/h4-10,20H,1H2,2-3H3,(H,21,24);11-13H,4-10H2,1-3H3;3H2,1-2H3/b6-5-;;. The van der Waals surface area contributed by atoms with Gasteiger partial charge in [-0.1, -0.05) is 91.5 Å². The number of nitrogens with zero attached hydrogens (tertiary/aromatic N) is 1. The maximum Gasteiger partial charge on any atom is 0.258 e. The largest absolute Gasteiger partial charge is 0.378 e. The SMILES string of the molecule is C=C/C=C\c1c(-c2csc(-c3cc(C(C)=O)c[nH]c3=O)n2)c[nH]c1C.CCC.CCC(C)COC(CC)CC1CCC1. The molecule has 6 nitrogen and oxygen atoms in total. The molecule has 230 valence electrons. The van der Waals surface area contributed by atoms with Crippen LogP contribution in [0.25, 0.3) is 27.9 Å². The Balaban J connectivity index is 0.000000307. The van der Waals surface area contributed by atoms with Crippen molar-refractivity contribution in [3.8, 4) is 21.8 Å². The second-order valence-electron chi connectivity index (χ2n) is 11.2. The van der Waals surface area contributed by atoms with Crippen molar-refractivity contribution in [1.29, 1.82) is 0 Å². The normalized spacial score (nSPS) is 14.3. The summed E-state index contributed by atoms with van der Waals surface area (Å²) in [5.74, 6) is 1.61. The van der Waals surface area contributed by atoms with Crippen LogP contribution in [0.3, 0.4) is 0 Å². The smallest absolute Gasteiger partial charge is 0.258 e. The van der Waals surface area contributed by atoms with Crippen molar-refractivity contribution < 1.29 is 9.53 Å². The highest BCUT2D eigenvalue weighted by atomic mass is 32.1. The Morgan fingerprint density at radius 2 is 1.88 bits per heavy atom. The number of Topliss-reactive ketones (excluding diaryl/α,β-unsaturated/α-hetero) is 1. The number of hydrogen-bond acceptors (Lipinski definition) is 5. The molecule has 0 bridgehead atoms. The number of thiazole rings is 1. The number of nitrogens with one attached hydrogen (secondary N) is 2. The first-order chi connectivity index (χ1) is 20.2. The number of aryl methyl sites for hydroxylation is 1. The minimum Gasteiger partial charge on any atom is -0.378 e. The van der Waals surface area contributed by atoms with E-state index in [9.17, 15) is 9.59 Å². The number of ether oxygens (including phenoxy) is 1. The maximum absolute atomic E-state index is 12.1. The topological polar surface area (TPSA) is 87.8 Å². The molecule has 2 atom stereocenters. The van der Waals surface area contributed by atoms with Crippen LogP contribution >= 0.6 is 11.3 Å². The van der Waals surface area contributed by atoms with E-state index in [0.29, 0.717) is 22.2 Å². The fourth-order valence-corrected chi connectivity index (χ4v) is 5.20.